The molecule has 0 spiro atoms. The van der Waals surface area contributed by atoms with Crippen molar-refractivity contribution in [1.82, 2.24) is 10.6 Å². The van der Waals surface area contributed by atoms with E-state index in [0.29, 0.717) is 6.54 Å². The molecule has 0 unspecified atom stereocenters. The standard InChI is InChI=1S/C20H32N4O4/c1-5-15(2)21-20(26)22-19(25)14-24-10-8-23(9-11-24)13-16-6-7-17(27-3)18(12-16)28-4/h6-7,12,15H,5,8-11,13-14H2,1-4H3,(H2,21,22,25,26)/p+2/t15-/m0/s1. The van der Waals surface area contributed by atoms with E-state index in [1.54, 1.807) is 14.2 Å². The third kappa shape index (κ3) is 6.69. The van der Waals surface area contributed by atoms with Crippen LogP contribution in [0.4, 0.5) is 4.79 Å². The first-order valence-electron chi connectivity index (χ1n) is 9.93. The van der Waals surface area contributed by atoms with Gasteiger partial charge in [-0.15, -0.1) is 0 Å². The average molecular weight is 395 g/mol. The van der Waals surface area contributed by atoms with Crippen LogP contribution in [0.1, 0.15) is 25.8 Å². The summed E-state index contributed by atoms with van der Waals surface area (Å²) in [4.78, 5) is 26.5. The van der Waals surface area contributed by atoms with Crippen molar-refractivity contribution >= 4 is 11.9 Å². The van der Waals surface area contributed by atoms with Crippen molar-refractivity contribution in [2.75, 3.05) is 46.9 Å². The van der Waals surface area contributed by atoms with E-state index in [0.717, 1.165) is 50.6 Å². The first-order chi connectivity index (χ1) is 13.4. The van der Waals surface area contributed by atoms with E-state index in [1.165, 1.54) is 15.4 Å². The molecule has 1 atom stereocenters. The van der Waals surface area contributed by atoms with Gasteiger partial charge in [0.2, 0.25) is 0 Å². The normalized spacial score (nSPS) is 20.1. The molecule has 1 aromatic rings. The van der Waals surface area contributed by atoms with Gasteiger partial charge in [-0.3, -0.25) is 10.1 Å². The summed E-state index contributed by atoms with van der Waals surface area (Å²) in [5.41, 5.74) is 1.20. The fraction of sp³-hybridized carbons (Fsp3) is 0.600. The highest BCUT2D eigenvalue weighted by molar-refractivity contribution is 5.94. The topological polar surface area (TPSA) is 85.5 Å². The number of carbonyl (C=O) groups excluding carboxylic acids is 2. The molecule has 28 heavy (non-hydrogen) atoms. The van der Waals surface area contributed by atoms with Crippen LogP contribution in [0.3, 0.4) is 0 Å². The second-order valence-electron chi connectivity index (χ2n) is 7.37. The number of nitrogens with one attached hydrogen (secondary N) is 4. The summed E-state index contributed by atoms with van der Waals surface area (Å²) in [7, 11) is 3.28. The lowest BCUT2D eigenvalue weighted by Crippen LogP contribution is -3.28. The van der Waals surface area contributed by atoms with Crippen LogP contribution in [0.2, 0.25) is 0 Å². The van der Waals surface area contributed by atoms with Crippen molar-refractivity contribution in [3.05, 3.63) is 23.8 Å². The summed E-state index contributed by atoms with van der Waals surface area (Å²) in [6, 6.07) is 5.68. The Kier molecular flexibility index (Phi) is 8.53. The van der Waals surface area contributed by atoms with E-state index in [4.69, 9.17) is 9.47 Å². The van der Waals surface area contributed by atoms with Gasteiger partial charge in [-0.05, 0) is 31.5 Å². The smallest absolute Gasteiger partial charge is 0.321 e. The number of hydrogen-bond donors (Lipinski definition) is 4. The zero-order valence-electron chi connectivity index (χ0n) is 17.4. The number of rotatable bonds is 8. The number of carbonyl (C=O) groups is 2. The Morgan fingerprint density at radius 1 is 1.07 bits per heavy atom. The summed E-state index contributed by atoms with van der Waals surface area (Å²) in [6.07, 6.45) is 0.831. The van der Waals surface area contributed by atoms with Gasteiger partial charge in [0.05, 0.1) is 14.2 Å². The van der Waals surface area contributed by atoms with Crippen LogP contribution in [0, 0.1) is 0 Å². The Morgan fingerprint density at radius 3 is 2.32 bits per heavy atom. The predicted octanol–water partition coefficient (Wildman–Crippen LogP) is -1.39. The highest BCUT2D eigenvalue weighted by Crippen LogP contribution is 2.27. The number of imide groups is 1. The van der Waals surface area contributed by atoms with Crippen LogP contribution in [-0.2, 0) is 11.3 Å². The summed E-state index contributed by atoms with van der Waals surface area (Å²) in [5.74, 6) is 1.26. The third-order valence-electron chi connectivity index (χ3n) is 5.22. The van der Waals surface area contributed by atoms with Gasteiger partial charge in [0.15, 0.2) is 18.0 Å². The number of piperazine rings is 1. The Bertz CT molecular complexity index is 660. The van der Waals surface area contributed by atoms with E-state index >= 15 is 0 Å². The fourth-order valence-corrected chi connectivity index (χ4v) is 3.35. The lowest BCUT2D eigenvalue weighted by Gasteiger charge is -2.29. The first kappa shape index (κ1) is 22.0. The molecular formula is C20H34N4O4+2. The van der Waals surface area contributed by atoms with Gasteiger partial charge in [0.1, 0.15) is 32.7 Å². The summed E-state index contributed by atoms with van der Waals surface area (Å²) in [6.45, 7) is 8.92. The summed E-state index contributed by atoms with van der Waals surface area (Å²) >= 11 is 0. The number of benzene rings is 1. The number of methoxy groups -OCH3 is 2. The predicted molar refractivity (Wildman–Crippen MR) is 106 cm³/mol. The summed E-state index contributed by atoms with van der Waals surface area (Å²) < 4.78 is 10.7. The molecular weight excluding hydrogens is 360 g/mol. The Balaban J connectivity index is 1.75. The molecule has 0 radical (unpaired) electrons. The minimum atomic E-state index is -0.406. The third-order valence-corrected chi connectivity index (χ3v) is 5.22. The monoisotopic (exact) mass is 394 g/mol. The van der Waals surface area contributed by atoms with Crippen LogP contribution in [0.5, 0.6) is 11.5 Å². The van der Waals surface area contributed by atoms with E-state index < -0.39 is 6.03 Å². The molecule has 8 nitrogen and oxygen atoms in total. The molecule has 1 fully saturated rings. The zero-order valence-corrected chi connectivity index (χ0v) is 17.4. The average Bonchev–Trinajstić information content (AvgIpc) is 2.69. The van der Waals surface area contributed by atoms with Gasteiger partial charge in [-0.25, -0.2) is 4.79 Å². The minimum absolute atomic E-state index is 0.0591. The molecule has 8 heteroatoms. The molecule has 0 bridgehead atoms. The van der Waals surface area contributed by atoms with Gasteiger partial charge in [0.25, 0.3) is 5.91 Å². The lowest BCUT2D eigenvalue weighted by atomic mass is 10.1. The molecule has 1 aromatic carbocycles. The van der Waals surface area contributed by atoms with Crippen molar-refractivity contribution in [1.29, 1.82) is 0 Å². The second-order valence-corrected chi connectivity index (χ2v) is 7.37. The quantitative estimate of drug-likeness (QED) is 0.438. The molecule has 1 heterocycles. The number of hydrogen-bond acceptors (Lipinski definition) is 4. The highest BCUT2D eigenvalue weighted by atomic mass is 16.5. The van der Waals surface area contributed by atoms with Crippen molar-refractivity contribution in [2.45, 2.75) is 32.9 Å². The molecule has 1 aliphatic rings. The Hall–Kier alpha value is -2.32. The molecule has 1 aliphatic heterocycles. The van der Waals surface area contributed by atoms with Crippen molar-refractivity contribution in [3.63, 3.8) is 0 Å². The molecule has 156 valence electrons. The minimum Gasteiger partial charge on any atom is -0.493 e. The number of quaternary nitrogens is 2. The largest absolute Gasteiger partial charge is 0.493 e. The number of amides is 3. The number of urea groups is 1. The van der Waals surface area contributed by atoms with Crippen LogP contribution in [0.25, 0.3) is 0 Å². The molecule has 2 rings (SSSR count). The molecule has 0 aliphatic carbocycles. The van der Waals surface area contributed by atoms with Gasteiger partial charge < -0.3 is 24.6 Å². The van der Waals surface area contributed by atoms with Crippen LogP contribution in [0.15, 0.2) is 18.2 Å². The summed E-state index contributed by atoms with van der Waals surface area (Å²) in [5, 5.41) is 5.17. The SMILES string of the molecule is CC[C@H](C)NC(=O)NC(=O)C[NH+]1CC[NH+](Cc2ccc(OC)c(OC)c2)CC1. The van der Waals surface area contributed by atoms with Gasteiger partial charge in [-0.2, -0.15) is 0 Å². The van der Waals surface area contributed by atoms with Crippen LogP contribution in [-0.4, -0.2) is 64.9 Å². The van der Waals surface area contributed by atoms with Gasteiger partial charge in [0, 0.05) is 11.6 Å². The fourth-order valence-electron chi connectivity index (χ4n) is 3.35. The zero-order chi connectivity index (χ0) is 20.5. The second kappa shape index (κ2) is 10.9. The molecule has 4 N–H and O–H groups in total. The van der Waals surface area contributed by atoms with Crippen molar-refractivity contribution < 1.29 is 28.9 Å². The van der Waals surface area contributed by atoms with Crippen LogP contribution < -0.4 is 29.9 Å². The van der Waals surface area contributed by atoms with Crippen molar-refractivity contribution in [3.8, 4) is 11.5 Å². The molecule has 3 amide bonds. The number of ether oxygens (including phenoxy) is 2. The molecule has 0 aromatic heterocycles. The maximum atomic E-state index is 12.1. The lowest BCUT2D eigenvalue weighted by molar-refractivity contribution is -1.02. The van der Waals surface area contributed by atoms with Crippen LogP contribution >= 0.6 is 0 Å². The van der Waals surface area contributed by atoms with Gasteiger partial charge in [-0.1, -0.05) is 6.92 Å². The first-order valence-corrected chi connectivity index (χ1v) is 9.93. The van der Waals surface area contributed by atoms with E-state index in [9.17, 15) is 9.59 Å². The maximum Gasteiger partial charge on any atom is 0.321 e. The van der Waals surface area contributed by atoms with E-state index in [1.807, 2.05) is 26.0 Å². The maximum absolute atomic E-state index is 12.1. The molecule has 0 saturated carbocycles. The highest BCUT2D eigenvalue weighted by Gasteiger charge is 2.25. The van der Waals surface area contributed by atoms with Crippen molar-refractivity contribution in [2.24, 2.45) is 0 Å². The molecule has 1 saturated heterocycles. The van der Waals surface area contributed by atoms with E-state index in [2.05, 4.69) is 16.7 Å². The van der Waals surface area contributed by atoms with Gasteiger partial charge >= 0.3 is 6.03 Å². The Morgan fingerprint density at radius 2 is 1.71 bits per heavy atom. The van der Waals surface area contributed by atoms with E-state index in [-0.39, 0.29) is 11.9 Å². The Labute approximate surface area is 167 Å².